The molecule has 25 heavy (non-hydrogen) atoms. The second kappa shape index (κ2) is 9.57. The molecule has 0 aromatic carbocycles. The van der Waals surface area contributed by atoms with Gasteiger partial charge in [0.1, 0.15) is 0 Å². The van der Waals surface area contributed by atoms with E-state index >= 15 is 0 Å². The summed E-state index contributed by atoms with van der Waals surface area (Å²) < 4.78 is 41.8. The predicted molar refractivity (Wildman–Crippen MR) is 106 cm³/mol. The Morgan fingerprint density at radius 1 is 1.08 bits per heavy atom. The molecule has 0 fully saturated rings. The van der Waals surface area contributed by atoms with Gasteiger partial charge in [0.25, 0.3) is 0 Å². The van der Waals surface area contributed by atoms with E-state index in [1.165, 1.54) is 6.88 Å². The van der Waals surface area contributed by atoms with Gasteiger partial charge in [-0.25, -0.2) is 0 Å². The SMILES string of the molecule is CCC[CH2][Zr](=[SiH2])([C]1=CC=CC1)([C]1=CC(CCC)=CC1)[C](F)(F)F.Cl.Cl. The van der Waals surface area contributed by atoms with Gasteiger partial charge in [-0.15, -0.1) is 24.8 Å². The van der Waals surface area contributed by atoms with Crippen LogP contribution in [0.25, 0.3) is 0 Å². The van der Waals surface area contributed by atoms with E-state index in [2.05, 4.69) is 6.92 Å². The summed E-state index contributed by atoms with van der Waals surface area (Å²) in [5.41, 5.74) is 1.11. The topological polar surface area (TPSA) is 0 Å². The monoisotopic (exact) mass is 490 g/mol. The van der Waals surface area contributed by atoms with Crippen molar-refractivity contribution in [2.24, 2.45) is 0 Å². The molecule has 0 aromatic rings. The number of rotatable bonds is 7. The molecule has 0 spiro atoms. The van der Waals surface area contributed by atoms with E-state index in [1.54, 1.807) is 6.08 Å². The fraction of sp³-hybridized carbons (Fsp3) is 0.556. The predicted octanol–water partition coefficient (Wildman–Crippen LogP) is 6.66. The average molecular weight is 493 g/mol. The first-order valence-corrected chi connectivity index (χ1v) is 20.0. The van der Waals surface area contributed by atoms with Crippen molar-refractivity contribution in [3.63, 3.8) is 0 Å². The standard InChI is InChI=1S/C8H11.C5H5.C4H9.CF3.2ClH.H2Si.Zr/c1-2-5-8-6-3-4-7-8;1-2-4-5-3-1;1-3-4-2;2-1(3)4;;;;/h6-7H,2-3,5H2,1H3;1-3H,4H2;1,3-4H2,2H3;;2*1H;1H2;. The Balaban J connectivity index is 0.00000288. The van der Waals surface area contributed by atoms with Gasteiger partial charge in [-0.2, -0.15) is 0 Å². The van der Waals surface area contributed by atoms with Crippen LogP contribution in [0.3, 0.4) is 0 Å². The van der Waals surface area contributed by atoms with E-state index < -0.39 is 21.3 Å². The molecule has 0 saturated heterocycles. The molecule has 2 aliphatic rings. The van der Waals surface area contributed by atoms with Crippen molar-refractivity contribution in [2.75, 3.05) is 0 Å². The zero-order chi connectivity index (χ0) is 17.2. The minimum absolute atomic E-state index is 0. The Morgan fingerprint density at radius 2 is 1.76 bits per heavy atom. The van der Waals surface area contributed by atoms with E-state index in [0.717, 1.165) is 31.4 Å². The molecule has 0 bridgehead atoms. The molecule has 0 radical (unpaired) electrons. The number of halogens is 5. The van der Waals surface area contributed by atoms with Gasteiger partial charge in [-0.05, 0) is 0 Å². The van der Waals surface area contributed by atoms with Crippen molar-refractivity contribution in [1.82, 2.24) is 0 Å². The van der Waals surface area contributed by atoms with Gasteiger partial charge >= 0.3 is 140 Å². The van der Waals surface area contributed by atoms with Gasteiger partial charge in [-0.3, -0.25) is 0 Å². The zero-order valence-electron chi connectivity index (χ0n) is 15.0. The summed E-state index contributed by atoms with van der Waals surface area (Å²) in [5.74, 6) is 0. The molecule has 0 amide bonds. The molecule has 0 atom stereocenters. The Labute approximate surface area is 164 Å². The molecular formula is C18H29Cl2F3SiZr. The summed E-state index contributed by atoms with van der Waals surface area (Å²) in [6.45, 7) is 5.45. The maximum Gasteiger partial charge on any atom is -0.147 e. The Kier molecular flexibility index (Phi) is 9.74. The van der Waals surface area contributed by atoms with E-state index in [1.807, 2.05) is 31.2 Å². The third-order valence-corrected chi connectivity index (χ3v) is 31.7. The van der Waals surface area contributed by atoms with Gasteiger partial charge in [0.05, 0.1) is 0 Å². The number of allylic oxidation sites excluding steroid dienone is 8. The maximum atomic E-state index is 14.7. The Morgan fingerprint density at radius 3 is 2.24 bits per heavy atom. The van der Waals surface area contributed by atoms with Crippen molar-refractivity contribution < 1.29 is 30.6 Å². The Bertz CT molecular complexity index is 660. The molecule has 0 nitrogen and oxygen atoms in total. The van der Waals surface area contributed by atoms with Crippen molar-refractivity contribution in [3.8, 4) is 0 Å². The summed E-state index contributed by atoms with van der Waals surface area (Å²) in [6, 6.07) is 0. The molecule has 0 heterocycles. The third kappa shape index (κ3) is 4.31. The molecule has 2 aliphatic carbocycles. The summed E-state index contributed by atoms with van der Waals surface area (Å²) in [4.78, 5) is 0. The molecule has 0 unspecified atom stereocenters. The molecule has 0 aliphatic heterocycles. The van der Waals surface area contributed by atoms with Crippen LogP contribution in [-0.2, 0) is 17.4 Å². The second-order valence-corrected chi connectivity index (χ2v) is 30.3. The van der Waals surface area contributed by atoms with Crippen molar-refractivity contribution in [2.45, 2.75) is 60.4 Å². The molecule has 0 saturated carbocycles. The van der Waals surface area contributed by atoms with E-state index in [-0.39, 0.29) is 24.8 Å². The van der Waals surface area contributed by atoms with Crippen molar-refractivity contribution in [1.29, 1.82) is 0 Å². The van der Waals surface area contributed by atoms with Gasteiger partial charge in [0, 0.05) is 0 Å². The van der Waals surface area contributed by atoms with Crippen molar-refractivity contribution in [3.05, 3.63) is 42.5 Å². The van der Waals surface area contributed by atoms with Crippen LogP contribution in [0.2, 0.25) is 4.13 Å². The van der Waals surface area contributed by atoms with E-state index in [0.29, 0.717) is 23.4 Å². The van der Waals surface area contributed by atoms with Crippen LogP contribution in [0.15, 0.2) is 42.5 Å². The summed E-state index contributed by atoms with van der Waals surface area (Å²) in [6.07, 6.45) is 13.9. The van der Waals surface area contributed by atoms with Gasteiger partial charge < -0.3 is 0 Å². The fourth-order valence-electron chi connectivity index (χ4n) is 3.96. The Hall–Kier alpha value is 0.430. The first-order valence-electron chi connectivity index (χ1n) is 8.64. The second-order valence-electron chi connectivity index (χ2n) is 7.01. The number of hydrogen-bond acceptors (Lipinski definition) is 0. The number of unbranched alkanes of at least 4 members (excludes halogenated alkanes) is 1. The minimum Gasteiger partial charge on any atom is -0.147 e. The van der Waals surface area contributed by atoms with Crippen LogP contribution >= 0.6 is 24.8 Å². The quantitative estimate of drug-likeness (QED) is 0.349. The van der Waals surface area contributed by atoms with E-state index in [9.17, 15) is 13.2 Å². The van der Waals surface area contributed by atoms with Crippen LogP contribution in [0.1, 0.15) is 52.4 Å². The van der Waals surface area contributed by atoms with Crippen LogP contribution in [0.4, 0.5) is 13.2 Å². The van der Waals surface area contributed by atoms with E-state index in [4.69, 9.17) is 0 Å². The summed E-state index contributed by atoms with van der Waals surface area (Å²) >= 11 is -5.23. The average Bonchev–Trinajstić information content (AvgIpc) is 3.16. The van der Waals surface area contributed by atoms with Gasteiger partial charge in [-0.1, -0.05) is 0 Å². The molecular weight excluding hydrogens is 463 g/mol. The van der Waals surface area contributed by atoms with Crippen LogP contribution < -0.4 is 0 Å². The largest absolute Gasteiger partial charge is 0.147 e. The molecule has 7 heteroatoms. The third-order valence-electron chi connectivity index (χ3n) is 5.57. The minimum atomic E-state index is -5.23. The first kappa shape index (κ1) is 25.4. The maximum absolute atomic E-state index is 14.7. The smallest absolute Gasteiger partial charge is 0.147 e. The van der Waals surface area contributed by atoms with Gasteiger partial charge in [0.15, 0.2) is 0 Å². The first-order chi connectivity index (χ1) is 10.8. The number of hydrogen-bond donors (Lipinski definition) is 0. The van der Waals surface area contributed by atoms with Crippen LogP contribution in [0, 0.1) is 0 Å². The molecule has 0 N–H and O–H groups in total. The van der Waals surface area contributed by atoms with Crippen LogP contribution in [-0.4, -0.2) is 10.8 Å². The zero-order valence-corrected chi connectivity index (χ0v) is 20.5. The normalized spacial score (nSPS) is 17.4. The molecule has 2 rings (SSSR count). The van der Waals surface area contributed by atoms with Crippen molar-refractivity contribution >= 4 is 31.7 Å². The van der Waals surface area contributed by atoms with Crippen LogP contribution in [0.5, 0.6) is 0 Å². The fourth-order valence-corrected chi connectivity index (χ4v) is 21.8. The summed E-state index contributed by atoms with van der Waals surface area (Å²) in [5, 5.41) is 0. The van der Waals surface area contributed by atoms with Gasteiger partial charge in [0.2, 0.25) is 0 Å². The summed E-state index contributed by atoms with van der Waals surface area (Å²) in [7, 11) is 0. The molecule has 144 valence electrons. The molecule has 0 aromatic heterocycles. The number of alkyl halides is 3.